The van der Waals surface area contributed by atoms with E-state index in [1.807, 2.05) is 30.2 Å². The Labute approximate surface area is 337 Å². The Hall–Kier alpha value is -5.24. The molecule has 2 fully saturated rings. The summed E-state index contributed by atoms with van der Waals surface area (Å²) in [5, 5.41) is 2.66. The first-order valence-corrected chi connectivity index (χ1v) is 21.2. The highest BCUT2D eigenvalue weighted by Crippen LogP contribution is 2.37. The fraction of sp³-hybridized carbons (Fsp3) is 0.360. The van der Waals surface area contributed by atoms with Gasteiger partial charge in [0.2, 0.25) is 0 Å². The molecule has 6 aromatic rings. The number of aryl methyl sites for hydroxylation is 4. The van der Waals surface area contributed by atoms with E-state index in [4.69, 9.17) is 9.73 Å². The Morgan fingerprint density at radius 3 is 1.82 bits per heavy atom. The summed E-state index contributed by atoms with van der Waals surface area (Å²) in [5.74, 6) is 0.942. The molecule has 7 nitrogen and oxygen atoms in total. The fourth-order valence-corrected chi connectivity index (χ4v) is 9.14. The minimum absolute atomic E-state index is 0.101. The smallest absolute Gasteiger partial charge is 0.256 e. The first kappa shape index (κ1) is 37.3. The summed E-state index contributed by atoms with van der Waals surface area (Å²) in [6.07, 6.45) is 7.24. The van der Waals surface area contributed by atoms with Crippen molar-refractivity contribution in [2.75, 3.05) is 52.4 Å². The molecule has 3 aliphatic heterocycles. The van der Waals surface area contributed by atoms with Gasteiger partial charge in [-0.1, -0.05) is 71.8 Å². The van der Waals surface area contributed by atoms with E-state index in [1.165, 1.54) is 55.2 Å². The van der Waals surface area contributed by atoms with Crippen molar-refractivity contribution in [2.45, 2.75) is 65.5 Å². The van der Waals surface area contributed by atoms with Gasteiger partial charge < -0.3 is 24.0 Å². The standard InChI is InChI=1S/C50H55N5O2/c1-35-9-13-38(14-10-35)40-17-19-47-43(31-40)44-32-41(39-15-11-36(2)12-16-39)18-20-48(44)55(47)24-7-22-53-27-25-52(26-28-53)21-4-5-29-57-49-33-46-45(30-37(49)3)50(56)54-23-6-8-42(54)34-51-46/h9-20,30-34,42H,4-8,21-29H2,1-3H3/t42-/m0/s1. The monoisotopic (exact) mass is 757 g/mol. The lowest BCUT2D eigenvalue weighted by Crippen LogP contribution is -2.46. The second-order valence-corrected chi connectivity index (χ2v) is 16.6. The first-order chi connectivity index (χ1) is 27.9. The number of rotatable bonds is 12. The third-order valence-corrected chi connectivity index (χ3v) is 12.6. The number of nitrogens with zero attached hydrogens (tertiary/aromatic N) is 5. The third kappa shape index (κ3) is 7.88. The number of fused-ring (bicyclic) bond motifs is 5. The molecule has 1 atom stereocenters. The number of piperazine rings is 1. The molecule has 0 aliphatic carbocycles. The summed E-state index contributed by atoms with van der Waals surface area (Å²) >= 11 is 0. The van der Waals surface area contributed by atoms with Gasteiger partial charge in [0.1, 0.15) is 5.75 Å². The van der Waals surface area contributed by atoms with Crippen molar-refractivity contribution in [1.29, 1.82) is 0 Å². The van der Waals surface area contributed by atoms with Gasteiger partial charge in [-0.2, -0.15) is 0 Å². The van der Waals surface area contributed by atoms with E-state index in [9.17, 15) is 4.79 Å². The van der Waals surface area contributed by atoms with Gasteiger partial charge >= 0.3 is 0 Å². The van der Waals surface area contributed by atoms with Gasteiger partial charge in [-0.25, -0.2) is 0 Å². The molecular weight excluding hydrogens is 703 g/mol. The predicted molar refractivity (Wildman–Crippen MR) is 235 cm³/mol. The van der Waals surface area contributed by atoms with Crippen LogP contribution in [-0.4, -0.2) is 89.9 Å². The van der Waals surface area contributed by atoms with Crippen molar-refractivity contribution in [1.82, 2.24) is 19.3 Å². The molecule has 292 valence electrons. The second-order valence-electron chi connectivity index (χ2n) is 16.6. The lowest BCUT2D eigenvalue weighted by atomic mass is 9.99. The van der Waals surface area contributed by atoms with Crippen LogP contribution >= 0.6 is 0 Å². The molecule has 0 saturated carbocycles. The van der Waals surface area contributed by atoms with Gasteiger partial charge in [-0.05, 0) is 124 Å². The topological polar surface area (TPSA) is 53.3 Å². The second kappa shape index (κ2) is 16.3. The molecule has 0 radical (unpaired) electrons. The molecule has 0 N–H and O–H groups in total. The summed E-state index contributed by atoms with van der Waals surface area (Å²) in [6.45, 7) is 15.5. The zero-order valence-electron chi connectivity index (χ0n) is 33.8. The van der Waals surface area contributed by atoms with E-state index < -0.39 is 0 Å². The van der Waals surface area contributed by atoms with Gasteiger partial charge in [0.05, 0.1) is 23.9 Å². The Kier molecular flexibility index (Phi) is 10.7. The van der Waals surface area contributed by atoms with Gasteiger partial charge in [0.25, 0.3) is 5.91 Å². The minimum atomic E-state index is 0.101. The third-order valence-electron chi connectivity index (χ3n) is 12.6. The van der Waals surface area contributed by atoms with Crippen LogP contribution in [0.5, 0.6) is 5.75 Å². The SMILES string of the molecule is Cc1ccc(-c2ccc3c(c2)c2cc(-c4ccc(C)cc4)ccc2n3CCCN2CCN(CCCCOc3cc4c(cc3C)C(=O)N3CCC[C@H]3C=N4)CC2)cc1. The Morgan fingerprint density at radius 2 is 1.21 bits per heavy atom. The zero-order valence-corrected chi connectivity index (χ0v) is 33.8. The number of hydrogen-bond donors (Lipinski definition) is 0. The molecule has 7 heteroatoms. The lowest BCUT2D eigenvalue weighted by molar-refractivity contribution is 0.0774. The van der Waals surface area contributed by atoms with Crippen molar-refractivity contribution in [3.63, 3.8) is 0 Å². The molecule has 4 heterocycles. The Bertz CT molecular complexity index is 2320. The van der Waals surface area contributed by atoms with Crippen LogP contribution in [0.3, 0.4) is 0 Å². The average molecular weight is 758 g/mol. The van der Waals surface area contributed by atoms with E-state index in [2.05, 4.69) is 113 Å². The average Bonchev–Trinajstić information content (AvgIpc) is 3.80. The number of benzene rings is 5. The van der Waals surface area contributed by atoms with Crippen molar-refractivity contribution in [3.8, 4) is 28.0 Å². The van der Waals surface area contributed by atoms with Crippen LogP contribution in [0, 0.1) is 20.8 Å². The van der Waals surface area contributed by atoms with Crippen LogP contribution in [0.15, 0.2) is 102 Å². The van der Waals surface area contributed by atoms with E-state index >= 15 is 0 Å². The molecule has 0 bridgehead atoms. The van der Waals surface area contributed by atoms with E-state index in [0.717, 1.165) is 101 Å². The first-order valence-electron chi connectivity index (χ1n) is 21.2. The van der Waals surface area contributed by atoms with Crippen LogP contribution in [-0.2, 0) is 6.54 Å². The summed E-state index contributed by atoms with van der Waals surface area (Å²) in [5.41, 5.74) is 12.7. The summed E-state index contributed by atoms with van der Waals surface area (Å²) in [7, 11) is 0. The van der Waals surface area contributed by atoms with Crippen LogP contribution in [0.1, 0.15) is 59.2 Å². The van der Waals surface area contributed by atoms with Crippen LogP contribution in [0.2, 0.25) is 0 Å². The zero-order chi connectivity index (χ0) is 38.9. The molecule has 0 spiro atoms. The lowest BCUT2D eigenvalue weighted by Gasteiger charge is -2.34. The normalized spacial score (nSPS) is 17.4. The largest absolute Gasteiger partial charge is 0.493 e. The predicted octanol–water partition coefficient (Wildman–Crippen LogP) is 10.2. The highest BCUT2D eigenvalue weighted by atomic mass is 16.5. The van der Waals surface area contributed by atoms with Gasteiger partial charge in [-0.3, -0.25) is 9.79 Å². The molecule has 1 aromatic heterocycles. The number of amides is 1. The quantitative estimate of drug-likeness (QED) is 0.117. The molecule has 5 aromatic carbocycles. The van der Waals surface area contributed by atoms with Crippen LogP contribution in [0.4, 0.5) is 5.69 Å². The summed E-state index contributed by atoms with van der Waals surface area (Å²) in [6, 6.07) is 35.9. The molecular formula is C50H55N5O2. The maximum atomic E-state index is 13.1. The van der Waals surface area contributed by atoms with Crippen LogP contribution in [0.25, 0.3) is 44.1 Å². The number of hydrogen-bond acceptors (Lipinski definition) is 5. The van der Waals surface area contributed by atoms with Gasteiger partial charge in [-0.15, -0.1) is 0 Å². The van der Waals surface area contributed by atoms with Crippen molar-refractivity contribution in [3.05, 3.63) is 119 Å². The number of carbonyl (C=O) groups is 1. The molecule has 9 rings (SSSR count). The van der Waals surface area contributed by atoms with E-state index in [-0.39, 0.29) is 11.9 Å². The molecule has 2 saturated heterocycles. The Morgan fingerprint density at radius 1 is 0.632 bits per heavy atom. The number of unbranched alkanes of at least 4 members (excludes halogenated alkanes) is 1. The molecule has 3 aliphatic rings. The highest BCUT2D eigenvalue weighted by Gasteiger charge is 2.32. The van der Waals surface area contributed by atoms with Gasteiger partial charge in [0.15, 0.2) is 0 Å². The van der Waals surface area contributed by atoms with Crippen LogP contribution < -0.4 is 4.74 Å². The number of ether oxygens (including phenoxy) is 1. The van der Waals surface area contributed by atoms with E-state index in [1.54, 1.807) is 0 Å². The molecule has 0 unspecified atom stereocenters. The van der Waals surface area contributed by atoms with E-state index in [0.29, 0.717) is 12.2 Å². The number of aromatic nitrogens is 1. The minimum Gasteiger partial charge on any atom is -0.493 e. The summed E-state index contributed by atoms with van der Waals surface area (Å²) in [4.78, 5) is 25.1. The molecule has 57 heavy (non-hydrogen) atoms. The fourth-order valence-electron chi connectivity index (χ4n) is 9.14. The summed E-state index contributed by atoms with van der Waals surface area (Å²) < 4.78 is 8.80. The highest BCUT2D eigenvalue weighted by molar-refractivity contribution is 6.10. The van der Waals surface area contributed by atoms with Crippen molar-refractivity contribution in [2.24, 2.45) is 4.99 Å². The maximum absolute atomic E-state index is 13.1. The number of aliphatic imine (C=N–C) groups is 1. The van der Waals surface area contributed by atoms with Crippen molar-refractivity contribution >= 4 is 39.6 Å². The number of carbonyl (C=O) groups excluding carboxylic acids is 1. The molecule has 1 amide bonds. The Balaban J connectivity index is 0.785. The van der Waals surface area contributed by atoms with Crippen molar-refractivity contribution < 1.29 is 9.53 Å². The van der Waals surface area contributed by atoms with Gasteiger partial charge in [0, 0.05) is 73.4 Å². The maximum Gasteiger partial charge on any atom is 0.256 e.